The van der Waals surface area contributed by atoms with Gasteiger partial charge in [0.25, 0.3) is 0 Å². The second-order valence-corrected chi connectivity index (χ2v) is 13.0. The Morgan fingerprint density at radius 1 is 1.18 bits per heavy atom. The van der Waals surface area contributed by atoms with Gasteiger partial charge in [0, 0.05) is 6.04 Å². The van der Waals surface area contributed by atoms with Gasteiger partial charge >= 0.3 is 0 Å². The van der Waals surface area contributed by atoms with Gasteiger partial charge in [-0.25, -0.2) is 0 Å². The van der Waals surface area contributed by atoms with Crippen molar-refractivity contribution in [1.82, 2.24) is 4.98 Å². The Labute approximate surface area is 140 Å². The van der Waals surface area contributed by atoms with Gasteiger partial charge in [-0.2, -0.15) is 0 Å². The first-order valence-corrected chi connectivity index (χ1v) is 12.2. The van der Waals surface area contributed by atoms with Gasteiger partial charge in [0.15, 0.2) is 0 Å². The van der Waals surface area contributed by atoms with Gasteiger partial charge in [0.2, 0.25) is 0 Å². The molecule has 1 N–H and O–H groups in total. The molecule has 0 spiro atoms. The zero-order valence-corrected chi connectivity index (χ0v) is 16.5. The van der Waals surface area contributed by atoms with Crippen LogP contribution in [0, 0.1) is 5.92 Å². The van der Waals surface area contributed by atoms with Crippen LogP contribution in [0.5, 0.6) is 0 Å². The van der Waals surface area contributed by atoms with Crippen molar-refractivity contribution in [3.8, 4) is 0 Å². The van der Waals surface area contributed by atoms with E-state index in [9.17, 15) is 0 Å². The first-order chi connectivity index (χ1) is 10.3. The maximum Gasteiger partial charge on any atom is 0.117 e. The first-order valence-electron chi connectivity index (χ1n) is 8.24. The lowest BCUT2D eigenvalue weighted by Crippen LogP contribution is -2.45. The molecule has 0 aliphatic heterocycles. The largest absolute Gasteiger partial charge is 0.328 e. The molecule has 2 rings (SSSR count). The van der Waals surface area contributed by atoms with E-state index in [0.717, 1.165) is 6.42 Å². The molecule has 1 aromatic carbocycles. The zero-order chi connectivity index (χ0) is 16.3. The summed E-state index contributed by atoms with van der Waals surface area (Å²) in [6.07, 6.45) is 6.90. The molecule has 1 nitrogen and oxygen atoms in total. The van der Waals surface area contributed by atoms with Gasteiger partial charge in [0.05, 0.1) is 10.2 Å². The van der Waals surface area contributed by atoms with Crippen molar-refractivity contribution >= 4 is 23.7 Å². The Morgan fingerprint density at radius 3 is 2.45 bits per heavy atom. The van der Waals surface area contributed by atoms with Crippen molar-refractivity contribution in [3.05, 3.63) is 53.1 Å². The number of hydrogen-bond acceptors (Lipinski definition) is 1. The summed E-state index contributed by atoms with van der Waals surface area (Å²) in [6, 6.07) is 8.95. The molecule has 0 saturated carbocycles. The van der Waals surface area contributed by atoms with Crippen LogP contribution in [0.1, 0.15) is 38.3 Å². The van der Waals surface area contributed by atoms with E-state index in [-0.39, 0.29) is 0 Å². The molecule has 0 bridgehead atoms. The van der Waals surface area contributed by atoms with Crippen LogP contribution in [0.15, 0.2) is 47.6 Å². The molecule has 0 fully saturated rings. The Kier molecular flexibility index (Phi) is 5.64. The second-order valence-electron chi connectivity index (χ2n) is 7.67. The maximum absolute atomic E-state index is 3.97. The summed E-state index contributed by atoms with van der Waals surface area (Å²) in [5, 5.41) is 1.20. The van der Waals surface area contributed by atoms with Crippen LogP contribution in [0.3, 0.4) is 0 Å². The van der Waals surface area contributed by atoms with E-state index in [1.54, 1.807) is 5.57 Å². The third-order valence-electron chi connectivity index (χ3n) is 3.90. The quantitative estimate of drug-likeness (QED) is 0.771. The summed E-state index contributed by atoms with van der Waals surface area (Å²) in [5.74, 6) is 0.694. The lowest BCUT2D eigenvalue weighted by atomic mass is 9.92. The summed E-state index contributed by atoms with van der Waals surface area (Å²) in [4.78, 5) is 3.97. The molecular weight excluding hydrogens is 298 g/mol. The Balaban J connectivity index is 2.43. The highest BCUT2D eigenvalue weighted by Crippen LogP contribution is 2.34. The second kappa shape index (κ2) is 7.11. The number of hydrogen-bond donors (Lipinski definition) is 1. The molecule has 3 radical (unpaired) electrons. The van der Waals surface area contributed by atoms with Crippen molar-refractivity contribution in [2.75, 3.05) is 0 Å². The average molecular weight is 327 g/mol. The predicted molar refractivity (Wildman–Crippen MR) is 101 cm³/mol. The van der Waals surface area contributed by atoms with E-state index >= 15 is 0 Å². The molecule has 3 heteroatoms. The Hall–Kier alpha value is -0.906. The number of allylic oxidation sites excluding steroid dienone is 3. The maximum atomic E-state index is 3.97. The van der Waals surface area contributed by atoms with Crippen LogP contribution in [0.25, 0.3) is 0 Å². The molecule has 0 aromatic heterocycles. The van der Waals surface area contributed by atoms with Crippen molar-refractivity contribution < 1.29 is 0 Å². The van der Waals surface area contributed by atoms with E-state index in [2.05, 4.69) is 85.1 Å². The fourth-order valence-electron chi connectivity index (χ4n) is 3.04. The van der Waals surface area contributed by atoms with E-state index in [0.29, 0.717) is 12.0 Å². The molecule has 1 aliphatic rings. The minimum Gasteiger partial charge on any atom is -0.328 e. The van der Waals surface area contributed by atoms with Crippen LogP contribution in [-0.2, 0) is 0 Å². The molecule has 22 heavy (non-hydrogen) atoms. The smallest absolute Gasteiger partial charge is 0.117 e. The van der Waals surface area contributed by atoms with Gasteiger partial charge in [-0.05, 0) is 35.5 Å². The van der Waals surface area contributed by atoms with Crippen LogP contribution < -0.4 is 10.2 Å². The summed E-state index contributed by atoms with van der Waals surface area (Å²) in [6.45, 7) is 11.7. The van der Waals surface area contributed by atoms with Gasteiger partial charge < -0.3 is 4.98 Å². The van der Waals surface area contributed by atoms with Gasteiger partial charge in [-0.3, -0.25) is 0 Å². The summed E-state index contributed by atoms with van der Waals surface area (Å²) in [5.41, 5.74) is 4.45. The van der Waals surface area contributed by atoms with Gasteiger partial charge in [-0.15, -0.1) is 0 Å². The highest BCUT2D eigenvalue weighted by Gasteiger charge is 2.27. The summed E-state index contributed by atoms with van der Waals surface area (Å²) < 4.78 is 0. The standard InChI is InChI=1S/C19H28NSi2/c1-14(2)13-15-9-8-11-16(15)19(20-22(3,4)5)17-10-6-7-12-18(17)21/h6-10,12,14,19-20H,11,13H2,1-5H3. The van der Waals surface area contributed by atoms with Crippen molar-refractivity contribution in [2.24, 2.45) is 5.92 Å². The number of rotatable bonds is 6. The minimum absolute atomic E-state index is 0.323. The monoisotopic (exact) mass is 326 g/mol. The highest BCUT2D eigenvalue weighted by molar-refractivity contribution is 6.73. The zero-order valence-electron chi connectivity index (χ0n) is 14.5. The third-order valence-corrected chi connectivity index (χ3v) is 5.51. The van der Waals surface area contributed by atoms with E-state index < -0.39 is 8.24 Å². The van der Waals surface area contributed by atoms with Crippen molar-refractivity contribution in [3.63, 3.8) is 0 Å². The third kappa shape index (κ3) is 4.54. The van der Waals surface area contributed by atoms with E-state index in [1.807, 2.05) is 0 Å². The summed E-state index contributed by atoms with van der Waals surface area (Å²) >= 11 is 0. The molecule has 0 saturated heterocycles. The SMILES string of the molecule is CC(C)CC1=C(C(N[Si](C)(C)C)c2ccccc2[Si])CC=C1. The molecule has 1 aliphatic carbocycles. The number of nitrogens with one attached hydrogen (secondary N) is 1. The molecule has 1 unspecified atom stereocenters. The highest BCUT2D eigenvalue weighted by atomic mass is 28.3. The molecule has 1 atom stereocenters. The lowest BCUT2D eigenvalue weighted by molar-refractivity contribution is 0.635. The van der Waals surface area contributed by atoms with Crippen molar-refractivity contribution in [1.29, 1.82) is 0 Å². The van der Waals surface area contributed by atoms with Gasteiger partial charge in [0.1, 0.15) is 8.24 Å². The Bertz CT molecular complexity index is 579. The molecular formula is C19H28NSi2. The van der Waals surface area contributed by atoms with Crippen LogP contribution >= 0.6 is 0 Å². The normalized spacial score (nSPS) is 16.7. The molecule has 0 heterocycles. The topological polar surface area (TPSA) is 12.0 Å². The molecule has 1 aromatic rings. The minimum atomic E-state index is -1.40. The van der Waals surface area contributed by atoms with Crippen LogP contribution in [0.4, 0.5) is 0 Å². The predicted octanol–water partition coefficient (Wildman–Crippen LogP) is 4.25. The Morgan fingerprint density at radius 2 is 1.86 bits per heavy atom. The van der Waals surface area contributed by atoms with Crippen LogP contribution in [0.2, 0.25) is 19.6 Å². The van der Waals surface area contributed by atoms with Gasteiger partial charge in [-0.1, -0.05) is 75.1 Å². The first kappa shape index (κ1) is 17.4. The molecule has 117 valence electrons. The van der Waals surface area contributed by atoms with Crippen molar-refractivity contribution in [2.45, 2.75) is 52.4 Å². The number of benzene rings is 1. The fourth-order valence-corrected chi connectivity index (χ4v) is 4.56. The molecule has 0 amide bonds. The van der Waals surface area contributed by atoms with Crippen LogP contribution in [-0.4, -0.2) is 18.5 Å². The lowest BCUT2D eigenvalue weighted by Gasteiger charge is -2.31. The summed E-state index contributed by atoms with van der Waals surface area (Å²) in [7, 11) is 2.41. The van der Waals surface area contributed by atoms with E-state index in [1.165, 1.54) is 22.7 Å². The van der Waals surface area contributed by atoms with E-state index in [4.69, 9.17) is 0 Å². The average Bonchev–Trinajstić information content (AvgIpc) is 2.83. The fraction of sp³-hybridized carbons (Fsp3) is 0.474.